The quantitative estimate of drug-likeness (QED) is 0.0373. The van der Waals surface area contributed by atoms with Gasteiger partial charge in [0.15, 0.2) is 6.10 Å². The standard InChI is InChI=1S/C81H146O5/c1-3-5-7-9-11-13-15-17-19-21-23-25-27-29-31-33-35-37-38-39-40-41-42-44-46-48-50-52-54-56-58-60-62-64-66-68-70-72-74-76-81(84)86-79(77-82)78-85-80(83)75-73-71-69-67-65-63-61-59-57-55-53-51-49-47-45-43-36-34-32-30-28-26-24-22-20-18-16-14-12-10-8-6-4-2/h5,7,11,13,16-19,22-25,29,31,79,82H,3-4,6,8-10,12,14-15,20-21,26-28,30,32-78H2,1-2H3/b7-5-,13-11-,18-16-,19-17-,24-22-,25-23-,31-29-. The second-order valence-electron chi connectivity index (χ2n) is 25.7. The van der Waals surface area contributed by atoms with E-state index in [-0.39, 0.29) is 25.2 Å². The van der Waals surface area contributed by atoms with Gasteiger partial charge in [-0.15, -0.1) is 0 Å². The Morgan fingerprint density at radius 2 is 0.500 bits per heavy atom. The first-order valence-electron chi connectivity index (χ1n) is 38.1. The first-order valence-corrected chi connectivity index (χ1v) is 38.1. The van der Waals surface area contributed by atoms with Gasteiger partial charge in [0.05, 0.1) is 6.61 Å². The highest BCUT2D eigenvalue weighted by atomic mass is 16.6. The van der Waals surface area contributed by atoms with E-state index in [9.17, 15) is 14.7 Å². The molecule has 0 fully saturated rings. The van der Waals surface area contributed by atoms with Crippen molar-refractivity contribution < 1.29 is 24.2 Å². The van der Waals surface area contributed by atoms with Crippen LogP contribution in [0.1, 0.15) is 399 Å². The van der Waals surface area contributed by atoms with Crippen molar-refractivity contribution in [3.8, 4) is 0 Å². The molecule has 5 heteroatoms. The van der Waals surface area contributed by atoms with Crippen LogP contribution in [0.15, 0.2) is 85.1 Å². The zero-order valence-electron chi connectivity index (χ0n) is 57.6. The Kier molecular flexibility index (Phi) is 73.7. The molecule has 0 aromatic heterocycles. The molecule has 5 nitrogen and oxygen atoms in total. The molecule has 0 heterocycles. The number of aliphatic hydroxyl groups is 1. The molecule has 0 aromatic rings. The molecule has 0 aliphatic rings. The van der Waals surface area contributed by atoms with Crippen molar-refractivity contribution in [1.29, 1.82) is 0 Å². The monoisotopic (exact) mass is 1200 g/mol. The van der Waals surface area contributed by atoms with Crippen molar-refractivity contribution in [2.45, 2.75) is 405 Å². The molecular formula is C81H146O5. The van der Waals surface area contributed by atoms with E-state index in [1.165, 1.54) is 295 Å². The molecule has 0 spiro atoms. The maximum absolute atomic E-state index is 12.4. The summed E-state index contributed by atoms with van der Waals surface area (Å²) in [5.74, 6) is -0.568. The van der Waals surface area contributed by atoms with E-state index in [1.807, 2.05) is 0 Å². The first-order chi connectivity index (χ1) is 42.6. The minimum absolute atomic E-state index is 0.0614. The number of ether oxygens (including phenoxy) is 2. The summed E-state index contributed by atoms with van der Waals surface area (Å²) in [6, 6.07) is 0. The molecular weight excluding hydrogens is 1050 g/mol. The average molecular weight is 1200 g/mol. The van der Waals surface area contributed by atoms with Gasteiger partial charge in [0.2, 0.25) is 0 Å². The molecule has 0 rings (SSSR count). The van der Waals surface area contributed by atoms with Crippen molar-refractivity contribution in [2.24, 2.45) is 0 Å². The summed E-state index contributed by atoms with van der Waals surface area (Å²) < 4.78 is 10.8. The third-order valence-corrected chi connectivity index (χ3v) is 17.2. The molecule has 500 valence electrons. The molecule has 86 heavy (non-hydrogen) atoms. The molecule has 0 saturated heterocycles. The third-order valence-electron chi connectivity index (χ3n) is 17.2. The Labute approximate surface area is 536 Å². The highest BCUT2D eigenvalue weighted by Crippen LogP contribution is 2.19. The van der Waals surface area contributed by atoms with E-state index in [1.54, 1.807) is 0 Å². The summed E-state index contributed by atoms with van der Waals surface area (Å²) >= 11 is 0. The van der Waals surface area contributed by atoms with Crippen LogP contribution in [0, 0.1) is 0 Å². The van der Waals surface area contributed by atoms with Gasteiger partial charge in [0.25, 0.3) is 0 Å². The first kappa shape index (κ1) is 83.1. The average Bonchev–Trinajstić information content (AvgIpc) is 3.55. The second kappa shape index (κ2) is 76.3. The Hall–Kier alpha value is -2.92. The van der Waals surface area contributed by atoms with Gasteiger partial charge in [0.1, 0.15) is 6.61 Å². The van der Waals surface area contributed by atoms with Crippen LogP contribution in [0.5, 0.6) is 0 Å². The van der Waals surface area contributed by atoms with Gasteiger partial charge in [0, 0.05) is 12.8 Å². The van der Waals surface area contributed by atoms with Crippen LogP contribution >= 0.6 is 0 Å². The summed E-state index contributed by atoms with van der Waals surface area (Å²) in [4.78, 5) is 24.7. The topological polar surface area (TPSA) is 72.8 Å². The van der Waals surface area contributed by atoms with Gasteiger partial charge >= 0.3 is 11.9 Å². The molecule has 1 N–H and O–H groups in total. The zero-order chi connectivity index (χ0) is 61.9. The minimum Gasteiger partial charge on any atom is -0.462 e. The van der Waals surface area contributed by atoms with E-state index in [0.29, 0.717) is 12.8 Å². The van der Waals surface area contributed by atoms with Crippen LogP contribution in [0.2, 0.25) is 0 Å². The van der Waals surface area contributed by atoms with Gasteiger partial charge in [-0.1, -0.05) is 381 Å². The Balaban J connectivity index is 3.39. The summed E-state index contributed by atoms with van der Waals surface area (Å²) in [5.41, 5.74) is 0. The number of carbonyl (C=O) groups excluding carboxylic acids is 2. The number of allylic oxidation sites excluding steroid dienone is 14. The third kappa shape index (κ3) is 73.5. The Morgan fingerprint density at radius 1 is 0.279 bits per heavy atom. The van der Waals surface area contributed by atoms with E-state index in [0.717, 1.165) is 77.0 Å². The fourth-order valence-corrected chi connectivity index (χ4v) is 11.5. The minimum atomic E-state index is -0.773. The molecule has 0 saturated carbocycles. The van der Waals surface area contributed by atoms with Gasteiger partial charge < -0.3 is 14.6 Å². The number of hydrogen-bond acceptors (Lipinski definition) is 5. The normalized spacial score (nSPS) is 12.6. The molecule has 1 unspecified atom stereocenters. The van der Waals surface area contributed by atoms with Gasteiger partial charge in [-0.2, -0.15) is 0 Å². The van der Waals surface area contributed by atoms with Crippen LogP contribution in [0.3, 0.4) is 0 Å². The predicted molar refractivity (Wildman–Crippen MR) is 380 cm³/mol. The van der Waals surface area contributed by atoms with Crippen molar-refractivity contribution in [3.63, 3.8) is 0 Å². The number of rotatable bonds is 71. The highest BCUT2D eigenvalue weighted by molar-refractivity contribution is 5.70. The fraction of sp³-hybridized carbons (Fsp3) is 0.802. The summed E-state index contributed by atoms with van der Waals surface area (Å²) in [5, 5.41) is 9.72. The van der Waals surface area contributed by atoms with Gasteiger partial charge in [-0.25, -0.2) is 0 Å². The largest absolute Gasteiger partial charge is 0.462 e. The zero-order valence-corrected chi connectivity index (χ0v) is 57.6. The maximum Gasteiger partial charge on any atom is 0.306 e. The number of unbranched alkanes of at least 4 members (excludes halogenated alkanes) is 49. The van der Waals surface area contributed by atoms with Crippen molar-refractivity contribution >= 4 is 11.9 Å². The fourth-order valence-electron chi connectivity index (χ4n) is 11.5. The van der Waals surface area contributed by atoms with E-state index in [2.05, 4.69) is 98.9 Å². The van der Waals surface area contributed by atoms with Crippen LogP contribution in [-0.2, 0) is 19.1 Å². The lowest BCUT2D eigenvalue weighted by molar-refractivity contribution is -0.161. The van der Waals surface area contributed by atoms with Crippen LogP contribution in [0.25, 0.3) is 0 Å². The number of esters is 2. The lowest BCUT2D eigenvalue weighted by Gasteiger charge is -2.15. The van der Waals surface area contributed by atoms with Crippen molar-refractivity contribution in [1.82, 2.24) is 0 Å². The van der Waals surface area contributed by atoms with Crippen molar-refractivity contribution in [3.05, 3.63) is 85.1 Å². The molecule has 0 aliphatic heterocycles. The smallest absolute Gasteiger partial charge is 0.306 e. The van der Waals surface area contributed by atoms with Crippen LogP contribution in [0.4, 0.5) is 0 Å². The molecule has 0 aliphatic carbocycles. The molecule has 0 bridgehead atoms. The van der Waals surface area contributed by atoms with Crippen LogP contribution in [-0.4, -0.2) is 36.4 Å². The van der Waals surface area contributed by atoms with Gasteiger partial charge in [-0.3, -0.25) is 9.59 Å². The summed E-state index contributed by atoms with van der Waals surface area (Å²) in [6.07, 6.45) is 108. The molecule has 0 amide bonds. The summed E-state index contributed by atoms with van der Waals surface area (Å²) in [6.45, 7) is 4.07. The molecule has 0 radical (unpaired) electrons. The SMILES string of the molecule is CC/C=C\C/C=C\C/C=C\C/C=C\C/C=C\CCCCCCCCCCCCCCCCCCCCCCCCCC(=O)OC(CO)COC(=O)CCCCCCCCCCCCCCCCCCCCCCC/C=C\C/C=C\CCCCCCC. The summed E-state index contributed by atoms with van der Waals surface area (Å²) in [7, 11) is 0. The number of hydrogen-bond donors (Lipinski definition) is 1. The number of carbonyl (C=O) groups is 2. The second-order valence-corrected chi connectivity index (χ2v) is 25.7. The van der Waals surface area contributed by atoms with E-state index >= 15 is 0 Å². The Morgan fingerprint density at radius 3 is 0.756 bits per heavy atom. The van der Waals surface area contributed by atoms with E-state index < -0.39 is 6.10 Å². The maximum atomic E-state index is 12.4. The van der Waals surface area contributed by atoms with Crippen LogP contribution < -0.4 is 0 Å². The molecule has 0 aromatic carbocycles. The number of aliphatic hydroxyl groups excluding tert-OH is 1. The van der Waals surface area contributed by atoms with Crippen molar-refractivity contribution in [2.75, 3.05) is 13.2 Å². The lowest BCUT2D eigenvalue weighted by Crippen LogP contribution is -2.28. The lowest BCUT2D eigenvalue weighted by atomic mass is 10.0. The van der Waals surface area contributed by atoms with Gasteiger partial charge in [-0.05, 0) is 89.9 Å². The van der Waals surface area contributed by atoms with E-state index in [4.69, 9.17) is 9.47 Å². The predicted octanol–water partition coefficient (Wildman–Crippen LogP) is 26.8. The Bertz CT molecular complexity index is 1550. The highest BCUT2D eigenvalue weighted by Gasteiger charge is 2.16. The molecule has 1 atom stereocenters.